The first-order chi connectivity index (χ1) is 10.3. The Morgan fingerprint density at radius 2 is 1.52 bits per heavy atom. The molecule has 1 aromatic heterocycles. The Labute approximate surface area is 124 Å². The summed E-state index contributed by atoms with van der Waals surface area (Å²) in [6.45, 7) is 2.06. The minimum atomic E-state index is -0.000524. The number of rotatable bonds is 3. The molecule has 2 aromatic carbocycles. The first-order valence-corrected chi connectivity index (χ1v) is 6.87. The smallest absolute Gasteiger partial charge is 0.194 e. The number of benzene rings is 2. The zero-order valence-corrected chi connectivity index (χ0v) is 11.8. The van der Waals surface area contributed by atoms with E-state index < -0.39 is 0 Å². The summed E-state index contributed by atoms with van der Waals surface area (Å²) in [5.74, 6) is -0.000524. The monoisotopic (exact) mass is 273 g/mol. The number of carbonyl (C=O) groups is 1. The van der Waals surface area contributed by atoms with Gasteiger partial charge in [-0.3, -0.25) is 9.78 Å². The molecule has 0 aliphatic heterocycles. The normalized spacial score (nSPS) is 10.3. The summed E-state index contributed by atoms with van der Waals surface area (Å²) < 4.78 is 0. The van der Waals surface area contributed by atoms with E-state index in [2.05, 4.69) is 18.0 Å². The van der Waals surface area contributed by atoms with Crippen LogP contribution in [0.15, 0.2) is 72.9 Å². The van der Waals surface area contributed by atoms with Gasteiger partial charge >= 0.3 is 0 Å². The fourth-order valence-electron chi connectivity index (χ4n) is 2.30. The molecular formula is C19H15NO. The fraction of sp³-hybridized carbons (Fsp3) is 0.0526. The maximum atomic E-state index is 12.3. The lowest BCUT2D eigenvalue weighted by Crippen LogP contribution is -2.01. The largest absolute Gasteiger partial charge is 0.289 e. The van der Waals surface area contributed by atoms with Crippen LogP contribution in [-0.2, 0) is 0 Å². The van der Waals surface area contributed by atoms with E-state index in [9.17, 15) is 4.79 Å². The van der Waals surface area contributed by atoms with Crippen molar-refractivity contribution in [2.75, 3.05) is 0 Å². The van der Waals surface area contributed by atoms with Crippen molar-refractivity contribution in [3.63, 3.8) is 0 Å². The van der Waals surface area contributed by atoms with Crippen LogP contribution in [0.25, 0.3) is 11.3 Å². The van der Waals surface area contributed by atoms with Crippen LogP contribution in [0.2, 0.25) is 0 Å². The highest BCUT2D eigenvalue weighted by atomic mass is 16.1. The van der Waals surface area contributed by atoms with Crippen LogP contribution in [0.5, 0.6) is 0 Å². The van der Waals surface area contributed by atoms with Crippen LogP contribution in [-0.4, -0.2) is 10.8 Å². The number of hydrogen-bond donors (Lipinski definition) is 0. The molecule has 3 rings (SSSR count). The van der Waals surface area contributed by atoms with Crippen LogP contribution in [0.3, 0.4) is 0 Å². The van der Waals surface area contributed by atoms with Crippen LogP contribution in [0.1, 0.15) is 21.5 Å². The summed E-state index contributed by atoms with van der Waals surface area (Å²) in [4.78, 5) is 16.8. The lowest BCUT2D eigenvalue weighted by atomic mass is 10.0. The number of aryl methyl sites for hydroxylation is 1. The molecule has 1 heterocycles. The van der Waals surface area contributed by atoms with E-state index in [0.29, 0.717) is 11.1 Å². The predicted molar refractivity (Wildman–Crippen MR) is 84.3 cm³/mol. The molecule has 0 saturated heterocycles. The second-order valence-corrected chi connectivity index (χ2v) is 4.94. The molecular weight excluding hydrogens is 258 g/mol. The molecule has 0 aliphatic carbocycles. The van der Waals surface area contributed by atoms with Gasteiger partial charge in [0.1, 0.15) is 0 Å². The van der Waals surface area contributed by atoms with Crippen molar-refractivity contribution < 1.29 is 4.79 Å². The van der Waals surface area contributed by atoms with E-state index in [-0.39, 0.29) is 5.78 Å². The zero-order valence-electron chi connectivity index (χ0n) is 11.8. The van der Waals surface area contributed by atoms with Gasteiger partial charge in [-0.25, -0.2) is 0 Å². The third-order valence-electron chi connectivity index (χ3n) is 3.48. The summed E-state index contributed by atoms with van der Waals surface area (Å²) in [6, 6.07) is 21.1. The summed E-state index contributed by atoms with van der Waals surface area (Å²) in [5.41, 5.74) is 4.45. The molecule has 0 atom stereocenters. The molecule has 0 aliphatic rings. The third kappa shape index (κ3) is 2.75. The summed E-state index contributed by atoms with van der Waals surface area (Å²) in [7, 11) is 0. The molecule has 3 aromatic rings. The van der Waals surface area contributed by atoms with Gasteiger partial charge in [0.05, 0.1) is 5.69 Å². The molecule has 0 bridgehead atoms. The van der Waals surface area contributed by atoms with Crippen molar-refractivity contribution >= 4 is 5.78 Å². The number of nitrogens with zero attached hydrogens (tertiary/aromatic N) is 1. The van der Waals surface area contributed by atoms with Crippen molar-refractivity contribution in [1.29, 1.82) is 0 Å². The molecule has 102 valence electrons. The zero-order chi connectivity index (χ0) is 14.7. The fourth-order valence-corrected chi connectivity index (χ4v) is 2.30. The number of pyridine rings is 1. The first-order valence-electron chi connectivity index (χ1n) is 6.87. The standard InChI is InChI=1S/C19H15NO/c1-14-7-5-6-10-17(14)18-12-11-16(13-20-18)19(21)15-8-3-2-4-9-15/h2-13H,1H3. The average molecular weight is 273 g/mol. The molecule has 0 amide bonds. The maximum Gasteiger partial charge on any atom is 0.194 e. The molecule has 0 fully saturated rings. The minimum Gasteiger partial charge on any atom is -0.289 e. The van der Waals surface area contributed by atoms with Gasteiger partial charge in [-0.1, -0.05) is 54.6 Å². The van der Waals surface area contributed by atoms with Gasteiger partial charge in [-0.2, -0.15) is 0 Å². The SMILES string of the molecule is Cc1ccccc1-c1ccc(C(=O)c2ccccc2)cn1. The highest BCUT2D eigenvalue weighted by molar-refractivity contribution is 6.08. The van der Waals surface area contributed by atoms with Crippen molar-refractivity contribution in [3.8, 4) is 11.3 Å². The molecule has 0 unspecified atom stereocenters. The van der Waals surface area contributed by atoms with Crippen LogP contribution in [0, 0.1) is 6.92 Å². The van der Waals surface area contributed by atoms with Gasteiger partial charge < -0.3 is 0 Å². The van der Waals surface area contributed by atoms with Gasteiger partial charge in [-0.05, 0) is 24.6 Å². The van der Waals surface area contributed by atoms with Gasteiger partial charge in [0.15, 0.2) is 5.78 Å². The molecule has 21 heavy (non-hydrogen) atoms. The quantitative estimate of drug-likeness (QED) is 0.666. The Balaban J connectivity index is 1.92. The van der Waals surface area contributed by atoms with E-state index in [1.165, 1.54) is 5.56 Å². The Bertz CT molecular complexity index is 761. The van der Waals surface area contributed by atoms with E-state index in [0.717, 1.165) is 11.3 Å². The van der Waals surface area contributed by atoms with Crippen LogP contribution < -0.4 is 0 Å². The number of hydrogen-bond acceptors (Lipinski definition) is 2. The molecule has 0 spiro atoms. The van der Waals surface area contributed by atoms with E-state index >= 15 is 0 Å². The average Bonchev–Trinajstić information content (AvgIpc) is 2.56. The van der Waals surface area contributed by atoms with Crippen molar-refractivity contribution in [1.82, 2.24) is 4.98 Å². The highest BCUT2D eigenvalue weighted by Gasteiger charge is 2.09. The Morgan fingerprint density at radius 3 is 2.19 bits per heavy atom. The van der Waals surface area contributed by atoms with E-state index in [1.54, 1.807) is 6.20 Å². The summed E-state index contributed by atoms with van der Waals surface area (Å²) in [5, 5.41) is 0. The number of ketones is 1. The molecule has 2 heteroatoms. The van der Waals surface area contributed by atoms with Crippen molar-refractivity contribution in [3.05, 3.63) is 89.6 Å². The number of aromatic nitrogens is 1. The lowest BCUT2D eigenvalue weighted by Gasteiger charge is -2.06. The Hall–Kier alpha value is -2.74. The van der Waals surface area contributed by atoms with Crippen molar-refractivity contribution in [2.45, 2.75) is 6.92 Å². The van der Waals surface area contributed by atoms with Crippen LogP contribution in [0.4, 0.5) is 0 Å². The van der Waals surface area contributed by atoms with E-state index in [4.69, 9.17) is 0 Å². The lowest BCUT2D eigenvalue weighted by molar-refractivity contribution is 0.103. The first kappa shape index (κ1) is 13.3. The Morgan fingerprint density at radius 1 is 0.810 bits per heavy atom. The van der Waals surface area contributed by atoms with Crippen LogP contribution >= 0.6 is 0 Å². The minimum absolute atomic E-state index is 0.000524. The summed E-state index contributed by atoms with van der Waals surface area (Å²) in [6.07, 6.45) is 1.65. The van der Waals surface area contributed by atoms with Gasteiger partial charge in [-0.15, -0.1) is 0 Å². The predicted octanol–water partition coefficient (Wildman–Crippen LogP) is 4.29. The summed E-state index contributed by atoms with van der Waals surface area (Å²) >= 11 is 0. The molecule has 0 radical (unpaired) electrons. The second-order valence-electron chi connectivity index (χ2n) is 4.94. The molecule has 2 nitrogen and oxygen atoms in total. The molecule has 0 saturated carbocycles. The van der Waals surface area contributed by atoms with Crippen molar-refractivity contribution in [2.24, 2.45) is 0 Å². The highest BCUT2D eigenvalue weighted by Crippen LogP contribution is 2.21. The van der Waals surface area contributed by atoms with Gasteiger partial charge in [0, 0.05) is 22.9 Å². The molecule has 0 N–H and O–H groups in total. The van der Waals surface area contributed by atoms with E-state index in [1.807, 2.05) is 60.7 Å². The number of carbonyl (C=O) groups excluding carboxylic acids is 1. The maximum absolute atomic E-state index is 12.3. The van der Waals surface area contributed by atoms with Gasteiger partial charge in [0.25, 0.3) is 0 Å². The second kappa shape index (κ2) is 5.71. The van der Waals surface area contributed by atoms with Gasteiger partial charge in [0.2, 0.25) is 0 Å². The Kier molecular flexibility index (Phi) is 3.61. The third-order valence-corrected chi connectivity index (χ3v) is 3.48. The topological polar surface area (TPSA) is 30.0 Å².